The molecule has 0 unspecified atom stereocenters. The zero-order valence-corrected chi connectivity index (χ0v) is 9.30. The topological polar surface area (TPSA) is 58.9 Å². The number of nitrogens with one attached hydrogen (secondary N) is 1. The van der Waals surface area contributed by atoms with Gasteiger partial charge >= 0.3 is 0 Å². The van der Waals surface area contributed by atoms with Gasteiger partial charge in [-0.25, -0.2) is 9.97 Å². The molecule has 16 heavy (non-hydrogen) atoms. The monoisotopic (exact) mass is 217 g/mol. The summed E-state index contributed by atoms with van der Waals surface area (Å²) in [6, 6.07) is 0. The van der Waals surface area contributed by atoms with E-state index >= 15 is 0 Å². The third-order valence-corrected chi connectivity index (χ3v) is 2.35. The van der Waals surface area contributed by atoms with E-state index in [4.69, 9.17) is 0 Å². The Bertz CT molecular complexity index is 441. The lowest BCUT2D eigenvalue weighted by Gasteiger charge is -1.98. The summed E-state index contributed by atoms with van der Waals surface area (Å²) in [6.45, 7) is 3.75. The minimum Gasteiger partial charge on any atom is -0.348 e. The van der Waals surface area contributed by atoms with Gasteiger partial charge in [0, 0.05) is 37.4 Å². The number of hydrogen-bond donors (Lipinski definition) is 1. The van der Waals surface area contributed by atoms with Crippen molar-refractivity contribution in [3.63, 3.8) is 0 Å². The van der Waals surface area contributed by atoms with E-state index < -0.39 is 0 Å². The normalized spacial score (nSPS) is 11.3. The van der Waals surface area contributed by atoms with Gasteiger partial charge in [0.15, 0.2) is 0 Å². The summed E-state index contributed by atoms with van der Waals surface area (Å²) in [5.41, 5.74) is 1.97. The number of nitrogens with zero attached hydrogens (tertiary/aromatic N) is 4. The molecule has 0 aliphatic heterocycles. The first-order chi connectivity index (χ1) is 7.86. The summed E-state index contributed by atoms with van der Waals surface area (Å²) in [4.78, 5) is 15.5. The molecule has 0 aromatic carbocycles. The van der Waals surface area contributed by atoms with Crippen molar-refractivity contribution in [2.24, 2.45) is 4.99 Å². The van der Waals surface area contributed by atoms with E-state index in [-0.39, 0.29) is 0 Å². The van der Waals surface area contributed by atoms with Crippen LogP contribution in [0.1, 0.15) is 17.8 Å². The predicted molar refractivity (Wildman–Crippen MR) is 62.6 cm³/mol. The number of aliphatic imine (C=N–C) groups is 1. The summed E-state index contributed by atoms with van der Waals surface area (Å²) in [7, 11) is 0. The highest BCUT2D eigenvalue weighted by Gasteiger charge is 1.95. The molecular weight excluding hydrogens is 202 g/mol. The first-order valence-electron chi connectivity index (χ1n) is 5.32. The van der Waals surface area contributed by atoms with Crippen LogP contribution in [0.3, 0.4) is 0 Å². The van der Waals surface area contributed by atoms with Crippen molar-refractivity contribution in [3.8, 4) is 0 Å². The zero-order valence-electron chi connectivity index (χ0n) is 9.30. The van der Waals surface area contributed by atoms with Gasteiger partial charge in [0.2, 0.25) is 0 Å². The maximum Gasteiger partial charge on any atom is 0.101 e. The van der Waals surface area contributed by atoms with Gasteiger partial charge in [0.05, 0.1) is 12.7 Å². The van der Waals surface area contributed by atoms with Crippen LogP contribution in [0, 0.1) is 6.92 Å². The second-order valence-electron chi connectivity index (χ2n) is 3.60. The first kappa shape index (κ1) is 10.6. The molecule has 1 N–H and O–H groups in total. The number of imidazole rings is 2. The summed E-state index contributed by atoms with van der Waals surface area (Å²) < 4.78 is 2.05. The number of rotatable bonds is 5. The minimum absolute atomic E-state index is 0.810. The average Bonchev–Trinajstić information content (AvgIpc) is 2.90. The molecule has 2 heterocycles. The molecule has 2 aromatic heterocycles. The summed E-state index contributed by atoms with van der Waals surface area (Å²) >= 11 is 0. The third-order valence-electron chi connectivity index (χ3n) is 2.35. The van der Waals surface area contributed by atoms with Crippen molar-refractivity contribution in [1.29, 1.82) is 0 Å². The Morgan fingerprint density at radius 3 is 3.19 bits per heavy atom. The van der Waals surface area contributed by atoms with Crippen LogP contribution in [-0.4, -0.2) is 32.3 Å². The second-order valence-corrected chi connectivity index (χ2v) is 3.60. The van der Waals surface area contributed by atoms with Gasteiger partial charge in [-0.1, -0.05) is 0 Å². The number of H-pyrrole nitrogens is 1. The second kappa shape index (κ2) is 5.25. The van der Waals surface area contributed by atoms with Crippen LogP contribution >= 0.6 is 0 Å². The van der Waals surface area contributed by atoms with Gasteiger partial charge in [-0.2, -0.15) is 0 Å². The van der Waals surface area contributed by atoms with E-state index in [1.54, 1.807) is 12.5 Å². The van der Waals surface area contributed by atoms with Gasteiger partial charge in [-0.05, 0) is 13.3 Å². The van der Waals surface area contributed by atoms with E-state index in [0.29, 0.717) is 0 Å². The molecule has 0 bridgehead atoms. The average molecular weight is 217 g/mol. The van der Waals surface area contributed by atoms with Crippen molar-refractivity contribution in [2.75, 3.05) is 6.54 Å². The molecule has 0 saturated heterocycles. The van der Waals surface area contributed by atoms with Crippen LogP contribution in [0.2, 0.25) is 0 Å². The lowest BCUT2D eigenvalue weighted by atomic mass is 10.3. The maximum absolute atomic E-state index is 4.33. The summed E-state index contributed by atoms with van der Waals surface area (Å²) in [6.07, 6.45) is 10.1. The SMILES string of the molecule is Cc1[nH]cnc1C=NCCCn1ccnc1. The first-order valence-corrected chi connectivity index (χ1v) is 5.32. The number of aryl methyl sites for hydroxylation is 2. The quantitative estimate of drug-likeness (QED) is 0.608. The molecule has 5 heteroatoms. The molecule has 84 valence electrons. The van der Waals surface area contributed by atoms with Crippen LogP contribution in [0.25, 0.3) is 0 Å². The number of aromatic nitrogens is 4. The fourth-order valence-electron chi connectivity index (χ4n) is 1.41. The van der Waals surface area contributed by atoms with Gasteiger partial charge in [0.25, 0.3) is 0 Å². The molecule has 2 rings (SSSR count). The Hall–Kier alpha value is -1.91. The molecule has 0 aliphatic carbocycles. The van der Waals surface area contributed by atoms with E-state index in [0.717, 1.165) is 30.9 Å². The van der Waals surface area contributed by atoms with Gasteiger partial charge in [0.1, 0.15) is 5.69 Å². The molecule has 0 aliphatic rings. The molecule has 0 fully saturated rings. The van der Waals surface area contributed by atoms with E-state index in [9.17, 15) is 0 Å². The van der Waals surface area contributed by atoms with E-state index in [2.05, 4.69) is 24.5 Å². The standard InChI is InChI=1S/C11H15N5/c1-10-11(15-8-14-10)7-12-3-2-5-16-6-4-13-9-16/h4,6-9H,2-3,5H2,1H3,(H,14,15). The third kappa shape index (κ3) is 2.79. The lowest BCUT2D eigenvalue weighted by Crippen LogP contribution is -1.96. The summed E-state index contributed by atoms with van der Waals surface area (Å²) in [5, 5.41) is 0. The fourth-order valence-corrected chi connectivity index (χ4v) is 1.41. The Labute approximate surface area is 94.3 Å². The Balaban J connectivity index is 1.72. The molecule has 0 amide bonds. The fraction of sp³-hybridized carbons (Fsp3) is 0.364. The largest absolute Gasteiger partial charge is 0.348 e. The van der Waals surface area contributed by atoms with E-state index in [1.165, 1.54) is 0 Å². The molecule has 0 saturated carbocycles. The van der Waals surface area contributed by atoms with Crippen molar-refractivity contribution >= 4 is 6.21 Å². The number of hydrogen-bond acceptors (Lipinski definition) is 3. The van der Waals surface area contributed by atoms with Crippen molar-refractivity contribution in [1.82, 2.24) is 19.5 Å². The van der Waals surface area contributed by atoms with Crippen LogP contribution in [-0.2, 0) is 6.54 Å². The van der Waals surface area contributed by atoms with Crippen LogP contribution in [0.4, 0.5) is 0 Å². The Morgan fingerprint density at radius 2 is 2.50 bits per heavy atom. The van der Waals surface area contributed by atoms with Crippen LogP contribution in [0.5, 0.6) is 0 Å². The summed E-state index contributed by atoms with van der Waals surface area (Å²) in [5.74, 6) is 0. The molecular formula is C11H15N5. The molecule has 0 atom stereocenters. The van der Waals surface area contributed by atoms with E-state index in [1.807, 2.05) is 25.7 Å². The smallest absolute Gasteiger partial charge is 0.101 e. The molecule has 0 radical (unpaired) electrons. The highest BCUT2D eigenvalue weighted by Crippen LogP contribution is 1.96. The zero-order chi connectivity index (χ0) is 11.2. The van der Waals surface area contributed by atoms with Crippen molar-refractivity contribution in [2.45, 2.75) is 19.9 Å². The maximum atomic E-state index is 4.33. The highest BCUT2D eigenvalue weighted by atomic mass is 15.0. The van der Waals surface area contributed by atoms with Crippen molar-refractivity contribution < 1.29 is 0 Å². The molecule has 5 nitrogen and oxygen atoms in total. The predicted octanol–water partition coefficient (Wildman–Crippen LogP) is 1.42. The highest BCUT2D eigenvalue weighted by molar-refractivity contribution is 5.78. The van der Waals surface area contributed by atoms with Crippen LogP contribution in [0.15, 0.2) is 30.0 Å². The Morgan fingerprint density at radius 1 is 1.56 bits per heavy atom. The van der Waals surface area contributed by atoms with Gasteiger partial charge in [-0.15, -0.1) is 0 Å². The molecule has 0 spiro atoms. The van der Waals surface area contributed by atoms with Gasteiger partial charge in [-0.3, -0.25) is 4.99 Å². The number of aromatic amines is 1. The minimum atomic E-state index is 0.810. The Kier molecular flexibility index (Phi) is 3.48. The molecule has 2 aromatic rings. The lowest BCUT2D eigenvalue weighted by molar-refractivity contribution is 0.651. The van der Waals surface area contributed by atoms with Gasteiger partial charge < -0.3 is 9.55 Å². The van der Waals surface area contributed by atoms with Crippen molar-refractivity contribution in [3.05, 3.63) is 36.4 Å². The van der Waals surface area contributed by atoms with Crippen LogP contribution < -0.4 is 0 Å².